The van der Waals surface area contributed by atoms with Gasteiger partial charge in [0.15, 0.2) is 0 Å². The zero-order valence-electron chi connectivity index (χ0n) is 12.9. The van der Waals surface area contributed by atoms with Gasteiger partial charge < -0.3 is 5.32 Å². The summed E-state index contributed by atoms with van der Waals surface area (Å²) < 4.78 is 14.1. The van der Waals surface area contributed by atoms with Crippen molar-refractivity contribution in [3.63, 3.8) is 0 Å². The standard InChI is InChI=1S/C18H28FN/c1-3-20-18(13-15-8-6-4-5-7-9-15)16-12-14(2)10-11-17(16)19/h10-12,15,18,20H,3-9,13H2,1-2H3. The number of rotatable bonds is 5. The first-order valence-electron chi connectivity index (χ1n) is 8.20. The summed E-state index contributed by atoms with van der Waals surface area (Å²) in [5.41, 5.74) is 2.00. The summed E-state index contributed by atoms with van der Waals surface area (Å²) in [6.07, 6.45) is 9.15. The van der Waals surface area contributed by atoms with Crippen molar-refractivity contribution in [1.29, 1.82) is 0 Å². The van der Waals surface area contributed by atoms with Crippen LogP contribution >= 0.6 is 0 Å². The molecule has 20 heavy (non-hydrogen) atoms. The summed E-state index contributed by atoms with van der Waals surface area (Å²) in [5, 5.41) is 3.49. The second kappa shape index (κ2) is 7.78. The Balaban J connectivity index is 2.10. The predicted molar refractivity (Wildman–Crippen MR) is 83.4 cm³/mol. The van der Waals surface area contributed by atoms with Crippen LogP contribution in [0.3, 0.4) is 0 Å². The lowest BCUT2D eigenvalue weighted by molar-refractivity contribution is 0.353. The van der Waals surface area contributed by atoms with Crippen molar-refractivity contribution < 1.29 is 4.39 Å². The third-order valence-electron chi connectivity index (χ3n) is 4.52. The Kier molecular flexibility index (Phi) is 6.03. The fraction of sp³-hybridized carbons (Fsp3) is 0.667. The molecule has 2 heteroatoms. The highest BCUT2D eigenvalue weighted by Crippen LogP contribution is 2.32. The molecule has 1 aromatic carbocycles. The highest BCUT2D eigenvalue weighted by atomic mass is 19.1. The summed E-state index contributed by atoms with van der Waals surface area (Å²) in [6, 6.07) is 5.65. The largest absolute Gasteiger partial charge is 0.310 e. The minimum absolute atomic E-state index is 0.0600. The summed E-state index contributed by atoms with van der Waals surface area (Å²) in [7, 11) is 0. The fourth-order valence-corrected chi connectivity index (χ4v) is 3.43. The molecule has 0 aliphatic heterocycles. The van der Waals surface area contributed by atoms with Crippen molar-refractivity contribution in [2.75, 3.05) is 6.54 Å². The van der Waals surface area contributed by atoms with Crippen LogP contribution in [-0.2, 0) is 0 Å². The number of halogens is 1. The lowest BCUT2D eigenvalue weighted by atomic mass is 9.89. The van der Waals surface area contributed by atoms with Gasteiger partial charge in [0.25, 0.3) is 0 Å². The number of hydrogen-bond acceptors (Lipinski definition) is 1. The van der Waals surface area contributed by atoms with Crippen LogP contribution in [0, 0.1) is 18.7 Å². The van der Waals surface area contributed by atoms with Crippen LogP contribution in [0.4, 0.5) is 4.39 Å². The molecular formula is C18H28FN. The topological polar surface area (TPSA) is 12.0 Å². The molecule has 1 aliphatic carbocycles. The van der Waals surface area contributed by atoms with E-state index >= 15 is 0 Å². The molecule has 0 aromatic heterocycles. The maximum Gasteiger partial charge on any atom is 0.127 e. The van der Waals surface area contributed by atoms with E-state index in [1.165, 1.54) is 38.5 Å². The molecule has 2 rings (SSSR count). The molecule has 0 spiro atoms. The third-order valence-corrected chi connectivity index (χ3v) is 4.52. The third kappa shape index (κ3) is 4.31. The SMILES string of the molecule is CCNC(CC1CCCCCC1)c1cc(C)ccc1F. The van der Waals surface area contributed by atoms with Crippen LogP contribution in [0.25, 0.3) is 0 Å². The van der Waals surface area contributed by atoms with Gasteiger partial charge >= 0.3 is 0 Å². The van der Waals surface area contributed by atoms with Crippen LogP contribution < -0.4 is 5.32 Å². The fourth-order valence-electron chi connectivity index (χ4n) is 3.43. The molecule has 0 radical (unpaired) electrons. The van der Waals surface area contributed by atoms with E-state index in [0.29, 0.717) is 0 Å². The highest BCUT2D eigenvalue weighted by molar-refractivity contribution is 5.27. The molecule has 0 bridgehead atoms. The molecule has 112 valence electrons. The number of aryl methyl sites for hydroxylation is 1. The summed E-state index contributed by atoms with van der Waals surface area (Å²) in [5.74, 6) is 0.691. The van der Waals surface area contributed by atoms with E-state index < -0.39 is 0 Å². The molecule has 1 atom stereocenters. The first-order valence-corrected chi connectivity index (χ1v) is 8.20. The first-order chi connectivity index (χ1) is 9.70. The van der Waals surface area contributed by atoms with Crippen LogP contribution in [0.1, 0.15) is 69.0 Å². The van der Waals surface area contributed by atoms with Gasteiger partial charge in [0.2, 0.25) is 0 Å². The van der Waals surface area contributed by atoms with Gasteiger partial charge in [0.1, 0.15) is 5.82 Å². The molecule has 0 amide bonds. The van der Waals surface area contributed by atoms with E-state index in [4.69, 9.17) is 0 Å². The number of benzene rings is 1. The average molecular weight is 277 g/mol. The van der Waals surface area contributed by atoms with Crippen molar-refractivity contribution in [2.24, 2.45) is 5.92 Å². The van der Waals surface area contributed by atoms with Gasteiger partial charge in [-0.3, -0.25) is 0 Å². The van der Waals surface area contributed by atoms with Crippen LogP contribution in [0.15, 0.2) is 18.2 Å². The van der Waals surface area contributed by atoms with Crippen molar-refractivity contribution in [3.05, 3.63) is 35.1 Å². The Hall–Kier alpha value is -0.890. The monoisotopic (exact) mass is 277 g/mol. The predicted octanol–water partition coefficient (Wildman–Crippen LogP) is 5.15. The van der Waals surface area contributed by atoms with Gasteiger partial charge in [-0.25, -0.2) is 4.39 Å². The van der Waals surface area contributed by atoms with E-state index in [0.717, 1.165) is 30.0 Å². The summed E-state index contributed by atoms with van der Waals surface area (Å²) in [6.45, 7) is 5.04. The van der Waals surface area contributed by atoms with E-state index in [9.17, 15) is 4.39 Å². The second-order valence-corrected chi connectivity index (χ2v) is 6.23. The van der Waals surface area contributed by atoms with E-state index in [1.807, 2.05) is 19.1 Å². The van der Waals surface area contributed by atoms with E-state index in [1.54, 1.807) is 6.07 Å². The van der Waals surface area contributed by atoms with Crippen molar-refractivity contribution in [3.8, 4) is 0 Å². The minimum Gasteiger partial charge on any atom is -0.310 e. The van der Waals surface area contributed by atoms with E-state index in [-0.39, 0.29) is 11.9 Å². The molecule has 0 heterocycles. The van der Waals surface area contributed by atoms with Crippen molar-refractivity contribution >= 4 is 0 Å². The van der Waals surface area contributed by atoms with E-state index in [2.05, 4.69) is 12.2 Å². The number of hydrogen-bond donors (Lipinski definition) is 1. The highest BCUT2D eigenvalue weighted by Gasteiger charge is 2.21. The quantitative estimate of drug-likeness (QED) is 0.734. The van der Waals surface area contributed by atoms with Gasteiger partial charge in [0, 0.05) is 11.6 Å². The molecule has 1 nitrogen and oxygen atoms in total. The molecule has 0 saturated heterocycles. The zero-order valence-corrected chi connectivity index (χ0v) is 12.9. The van der Waals surface area contributed by atoms with Gasteiger partial charge in [-0.05, 0) is 31.9 Å². The summed E-state index contributed by atoms with van der Waals surface area (Å²) >= 11 is 0. The average Bonchev–Trinajstić information content (AvgIpc) is 2.70. The molecule has 1 fully saturated rings. The molecule has 1 aliphatic rings. The Labute approximate surface area is 123 Å². The van der Waals surface area contributed by atoms with Gasteiger partial charge in [-0.15, -0.1) is 0 Å². The normalized spacial score (nSPS) is 18.8. The lowest BCUT2D eigenvalue weighted by Crippen LogP contribution is -2.24. The van der Waals surface area contributed by atoms with Crippen LogP contribution in [0.5, 0.6) is 0 Å². The molecule has 1 unspecified atom stereocenters. The Morgan fingerprint density at radius 3 is 2.55 bits per heavy atom. The molecular weight excluding hydrogens is 249 g/mol. The summed E-state index contributed by atoms with van der Waals surface area (Å²) in [4.78, 5) is 0. The first kappa shape index (κ1) is 15.5. The zero-order chi connectivity index (χ0) is 14.4. The van der Waals surface area contributed by atoms with Gasteiger partial charge in [0.05, 0.1) is 0 Å². The van der Waals surface area contributed by atoms with Gasteiger partial charge in [-0.1, -0.05) is 63.1 Å². The maximum atomic E-state index is 14.1. The van der Waals surface area contributed by atoms with Crippen LogP contribution in [0.2, 0.25) is 0 Å². The maximum absolute atomic E-state index is 14.1. The Morgan fingerprint density at radius 1 is 1.20 bits per heavy atom. The van der Waals surface area contributed by atoms with Crippen molar-refractivity contribution in [2.45, 2.75) is 64.8 Å². The second-order valence-electron chi connectivity index (χ2n) is 6.23. The molecule has 1 N–H and O–H groups in total. The van der Waals surface area contributed by atoms with Crippen molar-refractivity contribution in [1.82, 2.24) is 5.32 Å². The number of nitrogens with one attached hydrogen (secondary N) is 1. The Morgan fingerprint density at radius 2 is 1.90 bits per heavy atom. The molecule has 1 aromatic rings. The lowest BCUT2D eigenvalue weighted by Gasteiger charge is -2.24. The Bertz CT molecular complexity index is 408. The smallest absolute Gasteiger partial charge is 0.127 e. The molecule has 1 saturated carbocycles. The van der Waals surface area contributed by atoms with Gasteiger partial charge in [-0.2, -0.15) is 0 Å². The van der Waals surface area contributed by atoms with Crippen LogP contribution in [-0.4, -0.2) is 6.54 Å². The minimum atomic E-state index is -0.0600.